The number of rotatable bonds is 6. The van der Waals surface area contributed by atoms with Crippen molar-refractivity contribution < 1.29 is 4.79 Å². The fourth-order valence-electron chi connectivity index (χ4n) is 3.68. The second kappa shape index (κ2) is 6.82. The van der Waals surface area contributed by atoms with Gasteiger partial charge in [-0.3, -0.25) is 9.48 Å². The van der Waals surface area contributed by atoms with E-state index < -0.39 is 0 Å². The molecule has 5 nitrogen and oxygen atoms in total. The van der Waals surface area contributed by atoms with Gasteiger partial charge >= 0.3 is 0 Å². The van der Waals surface area contributed by atoms with E-state index in [0.717, 1.165) is 5.56 Å². The Hall–Kier alpha value is -1.36. The number of hydrogen-bond acceptors (Lipinski definition) is 3. The highest BCUT2D eigenvalue weighted by atomic mass is 16.1. The van der Waals surface area contributed by atoms with Crippen LogP contribution in [0.15, 0.2) is 12.4 Å². The minimum absolute atomic E-state index is 0.175. The Morgan fingerprint density at radius 1 is 1.59 bits per heavy atom. The summed E-state index contributed by atoms with van der Waals surface area (Å²) in [7, 11) is 1.88. The molecule has 1 aromatic rings. The molecule has 1 amide bonds. The topological polar surface area (TPSA) is 72.9 Å². The van der Waals surface area contributed by atoms with Crippen LogP contribution in [0.3, 0.4) is 0 Å². The van der Waals surface area contributed by atoms with Gasteiger partial charge in [0.25, 0.3) is 0 Å². The average molecular weight is 306 g/mol. The first-order valence-corrected chi connectivity index (χ1v) is 8.27. The first-order valence-electron chi connectivity index (χ1n) is 8.27. The molecule has 3 N–H and O–H groups in total. The van der Waals surface area contributed by atoms with Crippen LogP contribution < -0.4 is 11.1 Å². The minimum atomic E-state index is -0.236. The third-order valence-corrected chi connectivity index (χ3v) is 4.96. The monoisotopic (exact) mass is 306 g/mol. The van der Waals surface area contributed by atoms with Gasteiger partial charge < -0.3 is 11.1 Å². The maximum absolute atomic E-state index is 11.7. The van der Waals surface area contributed by atoms with Crippen molar-refractivity contribution in [2.24, 2.45) is 30.0 Å². The molecule has 0 aromatic carbocycles. The quantitative estimate of drug-likeness (QED) is 0.842. The van der Waals surface area contributed by atoms with E-state index in [-0.39, 0.29) is 11.8 Å². The maximum atomic E-state index is 11.7. The van der Waals surface area contributed by atoms with Crippen LogP contribution in [0, 0.1) is 17.3 Å². The summed E-state index contributed by atoms with van der Waals surface area (Å²) in [6.45, 7) is 7.64. The summed E-state index contributed by atoms with van der Waals surface area (Å²) in [5.74, 6) is 0.224. The van der Waals surface area contributed by atoms with E-state index in [9.17, 15) is 4.79 Å². The van der Waals surface area contributed by atoms with E-state index in [1.165, 1.54) is 19.3 Å². The summed E-state index contributed by atoms with van der Waals surface area (Å²) >= 11 is 0. The normalized spacial score (nSPS) is 25.8. The van der Waals surface area contributed by atoms with Gasteiger partial charge in [-0.25, -0.2) is 0 Å². The predicted molar refractivity (Wildman–Crippen MR) is 88.2 cm³/mol. The van der Waals surface area contributed by atoms with E-state index >= 15 is 0 Å². The summed E-state index contributed by atoms with van der Waals surface area (Å²) in [6.07, 6.45) is 8.05. The molecule has 1 fully saturated rings. The summed E-state index contributed by atoms with van der Waals surface area (Å²) < 4.78 is 1.76. The van der Waals surface area contributed by atoms with Crippen molar-refractivity contribution >= 4 is 5.91 Å². The van der Waals surface area contributed by atoms with Gasteiger partial charge in [0.05, 0.1) is 12.1 Å². The van der Waals surface area contributed by atoms with E-state index in [0.29, 0.717) is 30.3 Å². The molecular weight excluding hydrogens is 276 g/mol. The second-order valence-electron chi connectivity index (χ2n) is 7.72. The molecule has 0 bridgehead atoms. The van der Waals surface area contributed by atoms with E-state index in [4.69, 9.17) is 5.73 Å². The molecule has 3 atom stereocenters. The number of primary amides is 1. The fourth-order valence-corrected chi connectivity index (χ4v) is 3.68. The van der Waals surface area contributed by atoms with Crippen molar-refractivity contribution in [3.8, 4) is 0 Å². The van der Waals surface area contributed by atoms with Crippen LogP contribution in [0.1, 0.15) is 45.6 Å². The number of aryl methyl sites for hydroxylation is 1. The molecular formula is C17H30N4O. The Morgan fingerprint density at radius 3 is 2.86 bits per heavy atom. The number of nitrogens with zero attached hydrogens (tertiary/aromatic N) is 2. The molecule has 1 heterocycles. The summed E-state index contributed by atoms with van der Waals surface area (Å²) in [5.41, 5.74) is 7.08. The van der Waals surface area contributed by atoms with Crippen LogP contribution >= 0.6 is 0 Å². The molecule has 2 rings (SSSR count). The summed E-state index contributed by atoms with van der Waals surface area (Å²) in [5, 5.41) is 7.74. The molecule has 0 aliphatic heterocycles. The summed E-state index contributed by atoms with van der Waals surface area (Å²) in [4.78, 5) is 11.7. The lowest BCUT2D eigenvalue weighted by Gasteiger charge is -2.40. The predicted octanol–water partition coefficient (Wildman–Crippen LogP) is 1.87. The number of amides is 1. The third-order valence-electron chi connectivity index (χ3n) is 4.96. The molecule has 0 spiro atoms. The van der Waals surface area contributed by atoms with Gasteiger partial charge in [0.1, 0.15) is 0 Å². The second-order valence-corrected chi connectivity index (χ2v) is 7.72. The van der Waals surface area contributed by atoms with Crippen LogP contribution in [0.5, 0.6) is 0 Å². The molecule has 22 heavy (non-hydrogen) atoms. The molecule has 124 valence electrons. The Kier molecular flexibility index (Phi) is 5.27. The highest BCUT2D eigenvalue weighted by Crippen LogP contribution is 2.38. The number of hydrogen-bond donors (Lipinski definition) is 2. The van der Waals surface area contributed by atoms with Crippen molar-refractivity contribution in [3.63, 3.8) is 0 Å². The van der Waals surface area contributed by atoms with Crippen LogP contribution in [0.25, 0.3) is 0 Å². The Labute approximate surface area is 133 Å². The van der Waals surface area contributed by atoms with Crippen molar-refractivity contribution in [3.05, 3.63) is 18.0 Å². The number of carbonyl (C=O) groups excluding carboxylic acids is 1. The molecule has 0 saturated heterocycles. The standard InChI is InChI=1S/C17H30N4O/c1-12-8-17(2,3)6-5-15(12)19-10-14(16(18)22)7-13-9-20-21(4)11-13/h9,11-12,14-15,19H,5-8,10H2,1-4H3,(H2,18,22)/t12-,14-,15-/m1/s1. The molecule has 0 unspecified atom stereocenters. The Morgan fingerprint density at radius 2 is 2.32 bits per heavy atom. The zero-order valence-corrected chi connectivity index (χ0v) is 14.3. The minimum Gasteiger partial charge on any atom is -0.369 e. The number of nitrogens with two attached hydrogens (primary N) is 1. The van der Waals surface area contributed by atoms with Crippen LogP contribution in [-0.2, 0) is 18.3 Å². The average Bonchev–Trinajstić information content (AvgIpc) is 2.80. The van der Waals surface area contributed by atoms with Gasteiger partial charge in [-0.15, -0.1) is 0 Å². The van der Waals surface area contributed by atoms with Crippen LogP contribution in [-0.4, -0.2) is 28.3 Å². The SMILES string of the molecule is C[C@@H]1CC(C)(C)CC[C@H]1NC[C@@H](Cc1cnn(C)c1)C(N)=O. The van der Waals surface area contributed by atoms with E-state index in [1.54, 1.807) is 4.68 Å². The first-order chi connectivity index (χ1) is 10.3. The van der Waals surface area contributed by atoms with Crippen molar-refractivity contribution in [1.82, 2.24) is 15.1 Å². The first kappa shape index (κ1) is 17.0. The molecule has 1 aliphatic rings. The van der Waals surface area contributed by atoms with Gasteiger partial charge in [0.2, 0.25) is 5.91 Å². The zero-order valence-electron chi connectivity index (χ0n) is 14.3. The fraction of sp³-hybridized carbons (Fsp3) is 0.765. The van der Waals surface area contributed by atoms with Gasteiger partial charge in [0.15, 0.2) is 0 Å². The van der Waals surface area contributed by atoms with Crippen LogP contribution in [0.2, 0.25) is 0 Å². The zero-order chi connectivity index (χ0) is 16.3. The number of nitrogens with one attached hydrogen (secondary N) is 1. The molecule has 5 heteroatoms. The van der Waals surface area contributed by atoms with Gasteiger partial charge in [0, 0.05) is 25.8 Å². The molecule has 1 aliphatic carbocycles. The van der Waals surface area contributed by atoms with Crippen molar-refractivity contribution in [2.75, 3.05) is 6.54 Å². The lowest BCUT2D eigenvalue weighted by Crippen LogP contribution is -2.45. The maximum Gasteiger partial charge on any atom is 0.222 e. The molecule has 1 saturated carbocycles. The van der Waals surface area contributed by atoms with E-state index in [2.05, 4.69) is 31.2 Å². The molecule has 0 radical (unpaired) electrons. The summed E-state index contributed by atoms with van der Waals surface area (Å²) in [6, 6.07) is 0.490. The van der Waals surface area contributed by atoms with Gasteiger partial charge in [-0.2, -0.15) is 5.10 Å². The van der Waals surface area contributed by atoms with Crippen molar-refractivity contribution in [2.45, 2.75) is 52.5 Å². The highest BCUT2D eigenvalue weighted by Gasteiger charge is 2.32. The van der Waals surface area contributed by atoms with Gasteiger partial charge in [-0.1, -0.05) is 20.8 Å². The molecule has 1 aromatic heterocycles. The van der Waals surface area contributed by atoms with E-state index in [1.807, 2.05) is 19.4 Å². The van der Waals surface area contributed by atoms with Gasteiger partial charge in [-0.05, 0) is 42.6 Å². The lowest BCUT2D eigenvalue weighted by molar-refractivity contribution is -0.121. The number of carbonyl (C=O) groups is 1. The number of aromatic nitrogens is 2. The Balaban J connectivity index is 1.88. The van der Waals surface area contributed by atoms with Crippen LogP contribution in [0.4, 0.5) is 0 Å². The lowest BCUT2D eigenvalue weighted by atomic mass is 9.70. The highest BCUT2D eigenvalue weighted by molar-refractivity contribution is 5.77. The smallest absolute Gasteiger partial charge is 0.222 e. The Bertz CT molecular complexity index is 509. The van der Waals surface area contributed by atoms with Crippen molar-refractivity contribution in [1.29, 1.82) is 0 Å². The largest absolute Gasteiger partial charge is 0.369 e. The third kappa shape index (κ3) is 4.57.